The molecule has 6 heteroatoms. The van der Waals surface area contributed by atoms with Gasteiger partial charge in [-0.2, -0.15) is 5.26 Å². The van der Waals surface area contributed by atoms with Crippen molar-refractivity contribution in [3.63, 3.8) is 0 Å². The fourth-order valence-corrected chi connectivity index (χ4v) is 2.03. The lowest BCUT2D eigenvalue weighted by Crippen LogP contribution is -2.29. The van der Waals surface area contributed by atoms with Crippen molar-refractivity contribution in [3.8, 4) is 6.07 Å². The second-order valence-corrected chi connectivity index (χ2v) is 4.79. The molecule has 0 unspecified atom stereocenters. The van der Waals surface area contributed by atoms with Gasteiger partial charge < -0.3 is 9.47 Å². The molecule has 0 saturated carbocycles. The van der Waals surface area contributed by atoms with Gasteiger partial charge in [0.15, 0.2) is 0 Å². The molecule has 21 heavy (non-hydrogen) atoms. The zero-order chi connectivity index (χ0) is 15.2. The number of imidazole rings is 1. The summed E-state index contributed by atoms with van der Waals surface area (Å²) in [4.78, 5) is 22.0. The van der Waals surface area contributed by atoms with Gasteiger partial charge in [-0.05, 0) is 25.5 Å². The highest BCUT2D eigenvalue weighted by molar-refractivity contribution is 5.92. The topological polar surface area (TPSA) is 74.8 Å². The number of carbonyl (C=O) groups excluding carboxylic acids is 1. The van der Waals surface area contributed by atoms with Gasteiger partial charge in [-0.15, -0.1) is 0 Å². The van der Waals surface area contributed by atoms with Gasteiger partial charge in [0.2, 0.25) is 0 Å². The standard InChI is InChI=1S/C15H17N5O/c1-12-17-6-9-20(12)8-3-7-19(2)15(21)14-10-13(11-16)4-5-18-14/h4-6,9-10H,3,7-8H2,1-2H3. The second-order valence-electron chi connectivity index (χ2n) is 4.79. The lowest BCUT2D eigenvalue weighted by Gasteiger charge is -2.17. The number of aryl methyl sites for hydroxylation is 2. The summed E-state index contributed by atoms with van der Waals surface area (Å²) in [7, 11) is 1.74. The molecule has 108 valence electrons. The van der Waals surface area contributed by atoms with Crippen molar-refractivity contribution in [3.05, 3.63) is 47.8 Å². The van der Waals surface area contributed by atoms with Crippen LogP contribution in [0.5, 0.6) is 0 Å². The molecule has 0 aliphatic carbocycles. The van der Waals surface area contributed by atoms with E-state index in [-0.39, 0.29) is 5.91 Å². The number of rotatable bonds is 5. The zero-order valence-corrected chi connectivity index (χ0v) is 12.2. The molecular weight excluding hydrogens is 266 g/mol. The van der Waals surface area contributed by atoms with E-state index in [9.17, 15) is 4.79 Å². The maximum atomic E-state index is 12.2. The van der Waals surface area contributed by atoms with Gasteiger partial charge in [0.25, 0.3) is 5.91 Å². The van der Waals surface area contributed by atoms with Crippen molar-refractivity contribution < 1.29 is 4.79 Å². The number of nitriles is 1. The van der Waals surface area contributed by atoms with Crippen LogP contribution in [0.15, 0.2) is 30.7 Å². The molecule has 0 saturated heterocycles. The monoisotopic (exact) mass is 283 g/mol. The molecule has 2 heterocycles. The average Bonchev–Trinajstić information content (AvgIpc) is 2.92. The van der Waals surface area contributed by atoms with Gasteiger partial charge in [0.05, 0.1) is 11.6 Å². The van der Waals surface area contributed by atoms with Crippen molar-refractivity contribution in [2.45, 2.75) is 19.9 Å². The predicted octanol–water partition coefficient (Wildman–Crippen LogP) is 1.62. The van der Waals surface area contributed by atoms with Gasteiger partial charge in [0.1, 0.15) is 11.5 Å². The first-order valence-electron chi connectivity index (χ1n) is 6.71. The fraction of sp³-hybridized carbons (Fsp3) is 0.333. The largest absolute Gasteiger partial charge is 0.340 e. The first-order chi connectivity index (χ1) is 10.1. The molecule has 0 aliphatic heterocycles. The SMILES string of the molecule is Cc1nccn1CCCN(C)C(=O)c1cc(C#N)ccn1. The summed E-state index contributed by atoms with van der Waals surface area (Å²) in [6.45, 7) is 3.39. The third kappa shape index (κ3) is 3.66. The van der Waals surface area contributed by atoms with Crippen molar-refractivity contribution >= 4 is 5.91 Å². The molecule has 0 radical (unpaired) electrons. The Bertz CT molecular complexity index is 671. The summed E-state index contributed by atoms with van der Waals surface area (Å²) in [5, 5.41) is 8.84. The summed E-state index contributed by atoms with van der Waals surface area (Å²) in [5.41, 5.74) is 0.742. The molecule has 2 rings (SSSR count). The lowest BCUT2D eigenvalue weighted by molar-refractivity contribution is 0.0786. The first kappa shape index (κ1) is 14.7. The van der Waals surface area contributed by atoms with Crippen molar-refractivity contribution in [1.82, 2.24) is 19.4 Å². The maximum Gasteiger partial charge on any atom is 0.272 e. The number of pyridine rings is 1. The van der Waals surface area contributed by atoms with Crippen molar-refractivity contribution in [1.29, 1.82) is 5.26 Å². The molecule has 0 aliphatic rings. The highest BCUT2D eigenvalue weighted by atomic mass is 16.2. The summed E-state index contributed by atoms with van der Waals surface area (Å²) in [6, 6.07) is 5.10. The normalized spacial score (nSPS) is 10.1. The Kier molecular flexibility index (Phi) is 4.67. The molecule has 0 aromatic carbocycles. The Hall–Kier alpha value is -2.68. The molecular formula is C15H17N5O. The first-order valence-corrected chi connectivity index (χ1v) is 6.71. The minimum atomic E-state index is -0.172. The smallest absolute Gasteiger partial charge is 0.272 e. The van der Waals surface area contributed by atoms with E-state index in [1.54, 1.807) is 24.2 Å². The number of carbonyl (C=O) groups is 1. The molecule has 6 nitrogen and oxygen atoms in total. The van der Waals surface area contributed by atoms with E-state index in [1.807, 2.05) is 23.8 Å². The van der Waals surface area contributed by atoms with E-state index in [1.165, 1.54) is 12.3 Å². The second kappa shape index (κ2) is 6.66. The molecule has 0 fully saturated rings. The Morgan fingerprint density at radius 1 is 1.43 bits per heavy atom. The number of hydrogen-bond acceptors (Lipinski definition) is 4. The molecule has 0 N–H and O–H groups in total. The van der Waals surface area contributed by atoms with E-state index >= 15 is 0 Å². The molecule has 1 amide bonds. The van der Waals surface area contributed by atoms with E-state index in [0.717, 1.165) is 18.8 Å². The van der Waals surface area contributed by atoms with Crippen LogP contribution in [0.2, 0.25) is 0 Å². The van der Waals surface area contributed by atoms with E-state index < -0.39 is 0 Å². The summed E-state index contributed by atoms with van der Waals surface area (Å²) < 4.78 is 2.05. The van der Waals surface area contributed by atoms with Crippen LogP contribution in [-0.4, -0.2) is 38.9 Å². The minimum Gasteiger partial charge on any atom is -0.340 e. The van der Waals surface area contributed by atoms with Crippen LogP contribution >= 0.6 is 0 Å². The van der Waals surface area contributed by atoms with Crippen LogP contribution in [0.1, 0.15) is 28.3 Å². The van der Waals surface area contributed by atoms with Crippen LogP contribution in [-0.2, 0) is 6.54 Å². The van der Waals surface area contributed by atoms with E-state index in [4.69, 9.17) is 5.26 Å². The Morgan fingerprint density at radius 3 is 2.90 bits per heavy atom. The molecule has 0 spiro atoms. The molecule has 0 bridgehead atoms. The zero-order valence-electron chi connectivity index (χ0n) is 12.2. The highest BCUT2D eigenvalue weighted by Gasteiger charge is 2.13. The lowest BCUT2D eigenvalue weighted by atomic mass is 10.2. The molecule has 2 aromatic heterocycles. The van der Waals surface area contributed by atoms with E-state index in [2.05, 4.69) is 9.97 Å². The number of aromatic nitrogens is 3. The van der Waals surface area contributed by atoms with Crippen LogP contribution in [0.25, 0.3) is 0 Å². The average molecular weight is 283 g/mol. The molecule has 0 atom stereocenters. The van der Waals surface area contributed by atoms with Gasteiger partial charge in [-0.3, -0.25) is 9.78 Å². The summed E-state index contributed by atoms with van der Waals surface area (Å²) in [6.07, 6.45) is 6.00. The van der Waals surface area contributed by atoms with Crippen LogP contribution in [0, 0.1) is 18.3 Å². The van der Waals surface area contributed by atoms with Crippen LogP contribution in [0.4, 0.5) is 0 Å². The Labute approximate surface area is 123 Å². The van der Waals surface area contributed by atoms with Crippen molar-refractivity contribution in [2.75, 3.05) is 13.6 Å². The number of amides is 1. The van der Waals surface area contributed by atoms with Crippen molar-refractivity contribution in [2.24, 2.45) is 0 Å². The van der Waals surface area contributed by atoms with Gasteiger partial charge >= 0.3 is 0 Å². The highest BCUT2D eigenvalue weighted by Crippen LogP contribution is 2.05. The third-order valence-corrected chi connectivity index (χ3v) is 3.27. The fourth-order valence-electron chi connectivity index (χ4n) is 2.03. The Balaban J connectivity index is 1.90. The quantitative estimate of drug-likeness (QED) is 0.835. The minimum absolute atomic E-state index is 0.172. The maximum absolute atomic E-state index is 12.2. The summed E-state index contributed by atoms with van der Waals surface area (Å²) in [5.74, 6) is 0.793. The van der Waals surface area contributed by atoms with Crippen LogP contribution < -0.4 is 0 Å². The Morgan fingerprint density at radius 2 is 2.24 bits per heavy atom. The predicted molar refractivity (Wildman–Crippen MR) is 77.5 cm³/mol. The van der Waals surface area contributed by atoms with Crippen LogP contribution in [0.3, 0.4) is 0 Å². The number of nitrogens with zero attached hydrogens (tertiary/aromatic N) is 5. The number of hydrogen-bond donors (Lipinski definition) is 0. The van der Waals surface area contributed by atoms with E-state index in [0.29, 0.717) is 17.8 Å². The third-order valence-electron chi connectivity index (χ3n) is 3.27. The summed E-state index contributed by atoms with van der Waals surface area (Å²) >= 11 is 0. The van der Waals surface area contributed by atoms with Gasteiger partial charge in [-0.25, -0.2) is 4.98 Å². The molecule has 2 aromatic rings. The van der Waals surface area contributed by atoms with Gasteiger partial charge in [-0.1, -0.05) is 0 Å². The van der Waals surface area contributed by atoms with Gasteiger partial charge in [0, 0.05) is 38.7 Å².